The molecule has 0 fully saturated rings. The number of hydrogen-bond acceptors (Lipinski definition) is 4. The van der Waals surface area contributed by atoms with Crippen molar-refractivity contribution in [3.63, 3.8) is 0 Å². The fourth-order valence-electron chi connectivity index (χ4n) is 1.99. The zero-order valence-electron chi connectivity index (χ0n) is 12.4. The van der Waals surface area contributed by atoms with E-state index in [0.717, 1.165) is 31.6 Å². The lowest BCUT2D eigenvalue weighted by molar-refractivity contribution is 0.356. The maximum Gasteiger partial charge on any atom is 0.0834 e. The first-order chi connectivity index (χ1) is 8.95. The third kappa shape index (κ3) is 5.10. The van der Waals surface area contributed by atoms with Gasteiger partial charge in [-0.25, -0.2) is 0 Å². The number of nitrogens with one attached hydrogen (secondary N) is 1. The Balaban J connectivity index is 2.80. The van der Waals surface area contributed by atoms with Gasteiger partial charge in [0.1, 0.15) is 0 Å². The molecule has 1 rings (SSSR count). The Morgan fingerprint density at radius 2 is 2.11 bits per heavy atom. The monoisotopic (exact) mass is 287 g/mol. The Hall–Kier alpha value is -0.620. The van der Waals surface area contributed by atoms with Crippen molar-refractivity contribution in [3.8, 4) is 0 Å². The summed E-state index contributed by atoms with van der Waals surface area (Å²) in [5, 5.41) is 5.03. The Morgan fingerprint density at radius 3 is 2.63 bits per heavy atom. The van der Waals surface area contributed by atoms with Gasteiger partial charge in [-0.2, -0.15) is 5.10 Å². The number of halogens is 1. The highest BCUT2D eigenvalue weighted by Gasteiger charge is 2.19. The minimum absolute atomic E-state index is 0.0552. The summed E-state index contributed by atoms with van der Waals surface area (Å²) in [6.45, 7) is 6.15. The molecule has 0 amide bonds. The van der Waals surface area contributed by atoms with Gasteiger partial charge < -0.3 is 4.90 Å². The van der Waals surface area contributed by atoms with E-state index in [9.17, 15) is 0 Å². The molecule has 0 saturated heterocycles. The van der Waals surface area contributed by atoms with Crippen molar-refractivity contribution < 1.29 is 0 Å². The normalized spacial score (nSPS) is 13.5. The zero-order valence-corrected chi connectivity index (χ0v) is 13.1. The molecule has 0 aliphatic carbocycles. The molecule has 0 bridgehead atoms. The van der Waals surface area contributed by atoms with E-state index in [-0.39, 0.29) is 6.04 Å². The van der Waals surface area contributed by atoms with Crippen LogP contribution < -0.4 is 11.3 Å². The van der Waals surface area contributed by atoms with E-state index >= 15 is 0 Å². The van der Waals surface area contributed by atoms with Crippen LogP contribution in [-0.2, 0) is 6.54 Å². The smallest absolute Gasteiger partial charge is 0.0834 e. The topological polar surface area (TPSA) is 59.1 Å². The number of nitrogens with zero attached hydrogens (tertiary/aromatic N) is 3. The summed E-state index contributed by atoms with van der Waals surface area (Å²) in [6.07, 6.45) is 3.76. The van der Waals surface area contributed by atoms with Gasteiger partial charge in [-0.15, -0.1) is 0 Å². The molecule has 110 valence electrons. The summed E-state index contributed by atoms with van der Waals surface area (Å²) in [4.78, 5) is 2.12. The quantitative estimate of drug-likeness (QED) is 0.567. The zero-order chi connectivity index (χ0) is 14.4. The maximum atomic E-state index is 6.26. The third-order valence-corrected chi connectivity index (χ3v) is 3.45. The average Bonchev–Trinajstić information content (AvgIpc) is 2.69. The molecule has 5 nitrogen and oxygen atoms in total. The second-order valence-electron chi connectivity index (χ2n) is 5.59. The van der Waals surface area contributed by atoms with Gasteiger partial charge >= 0.3 is 0 Å². The van der Waals surface area contributed by atoms with Gasteiger partial charge in [-0.3, -0.25) is 16.0 Å². The second-order valence-corrected chi connectivity index (χ2v) is 6.00. The summed E-state index contributed by atoms with van der Waals surface area (Å²) in [7, 11) is 4.09. The van der Waals surface area contributed by atoms with Crippen molar-refractivity contribution >= 4 is 11.6 Å². The average molecular weight is 288 g/mol. The lowest BCUT2D eigenvalue weighted by Crippen LogP contribution is -2.31. The standard InChI is InChI=1S/C13H26ClN5/c1-10(2)5-6-12(17-15)13-11(14)9-16-19(13)8-7-18(3)4/h9-10,12,17H,5-8,15H2,1-4H3. The summed E-state index contributed by atoms with van der Waals surface area (Å²) in [5.41, 5.74) is 3.86. The molecule has 3 N–H and O–H groups in total. The molecular formula is C13H26ClN5. The Labute approximate surface area is 121 Å². The van der Waals surface area contributed by atoms with Gasteiger partial charge in [0, 0.05) is 6.54 Å². The number of hydrazine groups is 1. The highest BCUT2D eigenvalue weighted by Crippen LogP contribution is 2.26. The predicted molar refractivity (Wildman–Crippen MR) is 79.9 cm³/mol. The Kier molecular flexibility index (Phi) is 6.79. The van der Waals surface area contributed by atoms with Crippen LogP contribution >= 0.6 is 11.6 Å². The number of hydrogen-bond donors (Lipinski definition) is 2. The van der Waals surface area contributed by atoms with Crippen molar-refractivity contribution in [2.75, 3.05) is 20.6 Å². The van der Waals surface area contributed by atoms with Crippen LogP contribution in [0.2, 0.25) is 5.02 Å². The SMILES string of the molecule is CC(C)CCC(NN)c1c(Cl)cnn1CCN(C)C. The molecule has 1 atom stereocenters. The lowest BCUT2D eigenvalue weighted by Gasteiger charge is -2.20. The van der Waals surface area contributed by atoms with Crippen molar-refractivity contribution in [1.29, 1.82) is 0 Å². The maximum absolute atomic E-state index is 6.26. The minimum Gasteiger partial charge on any atom is -0.308 e. The molecule has 1 aromatic rings. The molecule has 1 heterocycles. The van der Waals surface area contributed by atoms with Gasteiger partial charge in [-0.05, 0) is 32.9 Å². The van der Waals surface area contributed by atoms with Crippen LogP contribution in [0.4, 0.5) is 0 Å². The van der Waals surface area contributed by atoms with Gasteiger partial charge in [0.15, 0.2) is 0 Å². The highest BCUT2D eigenvalue weighted by molar-refractivity contribution is 6.31. The first-order valence-corrected chi connectivity index (χ1v) is 7.15. The lowest BCUT2D eigenvalue weighted by atomic mass is 10.0. The number of aromatic nitrogens is 2. The van der Waals surface area contributed by atoms with Crippen molar-refractivity contribution in [2.24, 2.45) is 11.8 Å². The van der Waals surface area contributed by atoms with E-state index in [0.29, 0.717) is 10.9 Å². The molecule has 1 unspecified atom stereocenters. The molecule has 0 spiro atoms. The van der Waals surface area contributed by atoms with Gasteiger partial charge in [0.25, 0.3) is 0 Å². The molecule has 1 aromatic heterocycles. The first kappa shape index (κ1) is 16.4. The number of nitrogens with two attached hydrogens (primary N) is 1. The fraction of sp³-hybridized carbons (Fsp3) is 0.769. The van der Waals surface area contributed by atoms with E-state index in [4.69, 9.17) is 17.4 Å². The van der Waals surface area contributed by atoms with Crippen LogP contribution in [0.1, 0.15) is 38.4 Å². The molecule has 19 heavy (non-hydrogen) atoms. The summed E-state index contributed by atoms with van der Waals surface area (Å²) < 4.78 is 1.95. The van der Waals surface area contributed by atoms with Crippen LogP contribution in [0.25, 0.3) is 0 Å². The molecule has 0 aliphatic heterocycles. The van der Waals surface area contributed by atoms with Crippen LogP contribution in [-0.4, -0.2) is 35.3 Å². The first-order valence-electron chi connectivity index (χ1n) is 6.77. The van der Waals surface area contributed by atoms with Crippen molar-refractivity contribution in [3.05, 3.63) is 16.9 Å². The molecule has 0 aliphatic rings. The Bertz CT molecular complexity index is 375. The van der Waals surface area contributed by atoms with E-state index in [1.54, 1.807) is 6.20 Å². The molecule has 6 heteroatoms. The van der Waals surface area contributed by atoms with Crippen LogP contribution in [0.3, 0.4) is 0 Å². The molecule has 0 aromatic carbocycles. The van der Waals surface area contributed by atoms with Gasteiger partial charge in [0.2, 0.25) is 0 Å². The van der Waals surface area contributed by atoms with Gasteiger partial charge in [0.05, 0.1) is 29.5 Å². The molecular weight excluding hydrogens is 262 g/mol. The molecule has 0 saturated carbocycles. The second kappa shape index (κ2) is 7.85. The largest absolute Gasteiger partial charge is 0.308 e. The summed E-state index contributed by atoms with van der Waals surface area (Å²) >= 11 is 6.26. The van der Waals surface area contributed by atoms with Crippen molar-refractivity contribution in [2.45, 2.75) is 39.3 Å². The fourth-order valence-corrected chi connectivity index (χ4v) is 2.26. The van der Waals surface area contributed by atoms with E-state index < -0.39 is 0 Å². The summed E-state index contributed by atoms with van der Waals surface area (Å²) in [5.74, 6) is 6.33. The number of rotatable bonds is 8. The third-order valence-electron chi connectivity index (χ3n) is 3.16. The van der Waals surface area contributed by atoms with E-state index in [1.165, 1.54) is 0 Å². The van der Waals surface area contributed by atoms with Crippen LogP contribution in [0.5, 0.6) is 0 Å². The summed E-state index contributed by atoms with van der Waals surface area (Å²) in [6, 6.07) is 0.0552. The van der Waals surface area contributed by atoms with E-state index in [1.807, 2.05) is 18.8 Å². The highest BCUT2D eigenvalue weighted by atomic mass is 35.5. The van der Waals surface area contributed by atoms with Crippen LogP contribution in [0, 0.1) is 5.92 Å². The van der Waals surface area contributed by atoms with E-state index in [2.05, 4.69) is 29.3 Å². The van der Waals surface area contributed by atoms with Gasteiger partial charge in [-0.1, -0.05) is 25.4 Å². The van der Waals surface area contributed by atoms with Crippen LogP contribution in [0.15, 0.2) is 6.20 Å². The predicted octanol–water partition coefficient (Wildman–Crippen LogP) is 2.04. The Morgan fingerprint density at radius 1 is 1.42 bits per heavy atom. The minimum atomic E-state index is 0.0552. The number of likely N-dealkylation sites (N-methyl/N-ethyl adjacent to an activating group) is 1. The van der Waals surface area contributed by atoms with Crippen molar-refractivity contribution in [1.82, 2.24) is 20.1 Å². The molecule has 0 radical (unpaired) electrons.